The smallest absolute Gasteiger partial charge is 0.248 e. The predicted octanol–water partition coefficient (Wildman–Crippen LogP) is -0.261. The quantitative estimate of drug-likeness (QED) is 0.511. The molecule has 0 bridgehead atoms. The average Bonchev–Trinajstić information content (AvgIpc) is 1.84. The summed E-state index contributed by atoms with van der Waals surface area (Å²) in [5, 5.41) is 1.21. The number of nitrogens with zero attached hydrogens (tertiary/aromatic N) is 1. The van der Waals surface area contributed by atoms with E-state index < -0.39 is 0 Å². The largest absolute Gasteiger partial charge is 0.297 e. The van der Waals surface area contributed by atoms with Gasteiger partial charge in [-0.25, -0.2) is 5.06 Å². The zero-order valence-electron chi connectivity index (χ0n) is 5.79. The van der Waals surface area contributed by atoms with Crippen LogP contribution in [0.25, 0.3) is 0 Å². The number of β-lactam (4-membered cyclic amide) rings is 1. The van der Waals surface area contributed by atoms with Crippen LogP contribution in [-0.4, -0.2) is 29.9 Å². The summed E-state index contributed by atoms with van der Waals surface area (Å²) in [6, 6.07) is 0. The van der Waals surface area contributed by atoms with Gasteiger partial charge in [0.25, 0.3) is 0 Å². The molecule has 1 heterocycles. The predicted molar refractivity (Wildman–Crippen MR) is 33.0 cm³/mol. The van der Waals surface area contributed by atoms with Crippen molar-refractivity contribution < 1.29 is 14.4 Å². The van der Waals surface area contributed by atoms with Crippen LogP contribution in [0.5, 0.6) is 0 Å². The molecular formula is C6H9NO3. The summed E-state index contributed by atoms with van der Waals surface area (Å²) in [5.74, 6) is -0.110. The minimum Gasteiger partial charge on any atom is -0.297 e. The van der Waals surface area contributed by atoms with E-state index in [2.05, 4.69) is 0 Å². The van der Waals surface area contributed by atoms with Crippen molar-refractivity contribution in [2.75, 3.05) is 13.2 Å². The molecule has 1 fully saturated rings. The number of Topliss-reactive ketones (excluding diaryl/α,β-unsaturated/α-hetero) is 1. The van der Waals surface area contributed by atoms with Crippen LogP contribution in [0.4, 0.5) is 0 Å². The maximum Gasteiger partial charge on any atom is 0.248 e. The minimum absolute atomic E-state index is 0.00569. The molecule has 0 aromatic carbocycles. The molecule has 10 heavy (non-hydrogen) atoms. The standard InChI is InChI=1S/C6H9NO3/c1-5(8)4-10-7-3-2-6(7)9/h2-4H2,1H3. The summed E-state index contributed by atoms with van der Waals surface area (Å²) >= 11 is 0. The van der Waals surface area contributed by atoms with Gasteiger partial charge >= 0.3 is 0 Å². The molecule has 0 aliphatic carbocycles. The third kappa shape index (κ3) is 1.54. The number of carbonyl (C=O) groups is 2. The lowest BCUT2D eigenvalue weighted by atomic mass is 10.3. The Morgan fingerprint density at radius 1 is 1.80 bits per heavy atom. The Labute approximate surface area is 58.7 Å². The second kappa shape index (κ2) is 2.79. The number of hydroxylamine groups is 2. The summed E-state index contributed by atoms with van der Waals surface area (Å²) < 4.78 is 0. The molecule has 4 nitrogen and oxygen atoms in total. The fraction of sp³-hybridized carbons (Fsp3) is 0.667. The number of carbonyl (C=O) groups excluding carboxylic acids is 2. The molecule has 1 rings (SSSR count). The van der Waals surface area contributed by atoms with Crippen molar-refractivity contribution >= 4 is 11.7 Å². The van der Waals surface area contributed by atoms with Crippen molar-refractivity contribution in [2.45, 2.75) is 13.3 Å². The van der Waals surface area contributed by atoms with E-state index in [1.165, 1.54) is 12.0 Å². The van der Waals surface area contributed by atoms with Crippen molar-refractivity contribution in [1.82, 2.24) is 5.06 Å². The highest BCUT2D eigenvalue weighted by atomic mass is 16.7. The van der Waals surface area contributed by atoms with Crippen LogP contribution in [0.15, 0.2) is 0 Å². The van der Waals surface area contributed by atoms with Crippen LogP contribution >= 0.6 is 0 Å². The van der Waals surface area contributed by atoms with Crippen LogP contribution in [-0.2, 0) is 14.4 Å². The molecule has 4 heteroatoms. The Morgan fingerprint density at radius 3 is 2.80 bits per heavy atom. The van der Waals surface area contributed by atoms with Gasteiger partial charge in [-0.2, -0.15) is 0 Å². The molecule has 1 amide bonds. The Balaban J connectivity index is 2.14. The number of rotatable bonds is 3. The van der Waals surface area contributed by atoms with Gasteiger partial charge in [-0.05, 0) is 6.92 Å². The van der Waals surface area contributed by atoms with Gasteiger partial charge < -0.3 is 0 Å². The highest BCUT2D eigenvalue weighted by Crippen LogP contribution is 2.07. The molecule has 1 saturated heterocycles. The molecule has 0 spiro atoms. The van der Waals surface area contributed by atoms with E-state index in [1.807, 2.05) is 0 Å². The topological polar surface area (TPSA) is 46.6 Å². The Bertz CT molecular complexity index is 166. The molecule has 1 aliphatic heterocycles. The number of hydrogen-bond acceptors (Lipinski definition) is 3. The van der Waals surface area contributed by atoms with Gasteiger partial charge in [0.2, 0.25) is 5.91 Å². The monoisotopic (exact) mass is 143 g/mol. The van der Waals surface area contributed by atoms with Crippen LogP contribution in [0.1, 0.15) is 13.3 Å². The molecular weight excluding hydrogens is 134 g/mol. The number of hydrogen-bond donors (Lipinski definition) is 0. The van der Waals surface area contributed by atoms with E-state index in [4.69, 9.17) is 4.84 Å². The van der Waals surface area contributed by atoms with Gasteiger partial charge in [-0.3, -0.25) is 14.4 Å². The van der Waals surface area contributed by atoms with E-state index in [0.717, 1.165) is 0 Å². The molecule has 0 aromatic heterocycles. The SMILES string of the molecule is CC(=O)CON1CCC1=O. The summed E-state index contributed by atoms with van der Waals surface area (Å²) in [4.78, 5) is 25.7. The van der Waals surface area contributed by atoms with E-state index >= 15 is 0 Å². The van der Waals surface area contributed by atoms with Crippen LogP contribution in [0, 0.1) is 0 Å². The first kappa shape index (κ1) is 7.21. The average molecular weight is 143 g/mol. The summed E-state index contributed by atoms with van der Waals surface area (Å²) in [5.41, 5.74) is 0. The first-order chi connectivity index (χ1) is 4.70. The summed E-state index contributed by atoms with van der Waals surface area (Å²) in [6.07, 6.45) is 0.540. The van der Waals surface area contributed by atoms with E-state index in [1.54, 1.807) is 0 Å². The van der Waals surface area contributed by atoms with E-state index in [0.29, 0.717) is 13.0 Å². The summed E-state index contributed by atoms with van der Waals surface area (Å²) in [6.45, 7) is 2.04. The Morgan fingerprint density at radius 2 is 2.50 bits per heavy atom. The Kier molecular flexibility index (Phi) is 2.01. The first-order valence-electron chi connectivity index (χ1n) is 3.13. The fourth-order valence-electron chi connectivity index (χ4n) is 0.600. The van der Waals surface area contributed by atoms with Gasteiger partial charge in [0.15, 0.2) is 5.78 Å². The lowest BCUT2D eigenvalue weighted by molar-refractivity contribution is -0.206. The minimum atomic E-state index is -0.0697. The molecule has 0 radical (unpaired) electrons. The van der Waals surface area contributed by atoms with Crippen molar-refractivity contribution in [3.05, 3.63) is 0 Å². The van der Waals surface area contributed by atoms with E-state index in [9.17, 15) is 9.59 Å². The number of amides is 1. The molecule has 0 atom stereocenters. The van der Waals surface area contributed by atoms with Crippen molar-refractivity contribution in [3.63, 3.8) is 0 Å². The highest BCUT2D eigenvalue weighted by molar-refractivity contribution is 5.81. The maximum atomic E-state index is 10.5. The van der Waals surface area contributed by atoms with Crippen LogP contribution < -0.4 is 0 Å². The molecule has 56 valence electrons. The second-order valence-corrected chi connectivity index (χ2v) is 2.22. The molecule has 0 aromatic rings. The third-order valence-corrected chi connectivity index (χ3v) is 1.23. The van der Waals surface area contributed by atoms with Gasteiger partial charge in [0, 0.05) is 6.42 Å². The van der Waals surface area contributed by atoms with Crippen LogP contribution in [0.3, 0.4) is 0 Å². The zero-order chi connectivity index (χ0) is 7.56. The van der Waals surface area contributed by atoms with Gasteiger partial charge in [0.05, 0.1) is 6.54 Å². The Hall–Kier alpha value is -0.900. The van der Waals surface area contributed by atoms with Gasteiger partial charge in [-0.15, -0.1) is 0 Å². The lowest BCUT2D eigenvalue weighted by Gasteiger charge is -2.28. The van der Waals surface area contributed by atoms with E-state index in [-0.39, 0.29) is 18.3 Å². The highest BCUT2D eigenvalue weighted by Gasteiger charge is 2.24. The molecule has 1 aliphatic rings. The molecule has 0 N–H and O–H groups in total. The number of ketones is 1. The van der Waals surface area contributed by atoms with Crippen molar-refractivity contribution in [2.24, 2.45) is 0 Å². The molecule has 0 saturated carbocycles. The summed E-state index contributed by atoms with van der Waals surface area (Å²) in [7, 11) is 0. The van der Waals surface area contributed by atoms with Gasteiger partial charge in [-0.1, -0.05) is 0 Å². The third-order valence-electron chi connectivity index (χ3n) is 1.23. The zero-order valence-corrected chi connectivity index (χ0v) is 5.79. The van der Waals surface area contributed by atoms with Crippen molar-refractivity contribution in [3.8, 4) is 0 Å². The fourth-order valence-corrected chi connectivity index (χ4v) is 0.600. The second-order valence-electron chi connectivity index (χ2n) is 2.22. The first-order valence-corrected chi connectivity index (χ1v) is 3.13. The van der Waals surface area contributed by atoms with Crippen LogP contribution in [0.2, 0.25) is 0 Å². The maximum absolute atomic E-state index is 10.5. The molecule has 0 unspecified atom stereocenters. The normalized spacial score (nSPS) is 16.9. The van der Waals surface area contributed by atoms with Crippen molar-refractivity contribution in [1.29, 1.82) is 0 Å². The lowest BCUT2D eigenvalue weighted by Crippen LogP contribution is -2.43. The van der Waals surface area contributed by atoms with Gasteiger partial charge in [0.1, 0.15) is 6.61 Å².